The molecule has 4 aromatic rings. The maximum absolute atomic E-state index is 6.21. The van der Waals surface area contributed by atoms with Crippen molar-refractivity contribution in [1.29, 1.82) is 0 Å². The number of aromatic nitrogens is 2. The van der Waals surface area contributed by atoms with E-state index in [1.807, 2.05) is 50.2 Å². The van der Waals surface area contributed by atoms with Crippen molar-refractivity contribution in [1.82, 2.24) is 15.1 Å². The van der Waals surface area contributed by atoms with E-state index in [2.05, 4.69) is 21.2 Å². The number of halogens is 2. The molecule has 1 fully saturated rings. The molecular weight excluding hydrogens is 485 g/mol. The van der Waals surface area contributed by atoms with Gasteiger partial charge in [-0.05, 0) is 68.1 Å². The first kappa shape index (κ1) is 24.2. The molecule has 0 atom stereocenters. The van der Waals surface area contributed by atoms with Crippen LogP contribution in [0.25, 0.3) is 22.6 Å². The second-order valence-corrected chi connectivity index (χ2v) is 10.2. The minimum Gasteiger partial charge on any atom is -0.493 e. The molecule has 2 aromatic heterocycles. The smallest absolute Gasteiger partial charge is 0.283 e. The van der Waals surface area contributed by atoms with Crippen molar-refractivity contribution in [2.75, 3.05) is 26.2 Å². The highest BCUT2D eigenvalue weighted by atomic mass is 35.5. The fraction of sp³-hybridized carbons (Fsp3) is 0.407. The molecule has 35 heavy (non-hydrogen) atoms. The van der Waals surface area contributed by atoms with Crippen molar-refractivity contribution in [3.8, 4) is 17.4 Å². The van der Waals surface area contributed by atoms with Crippen molar-refractivity contribution >= 4 is 34.2 Å². The fourth-order valence-electron chi connectivity index (χ4n) is 4.56. The lowest BCUT2D eigenvalue weighted by atomic mass is 9.89. The average Bonchev–Trinajstić information content (AvgIpc) is 3.52. The molecule has 1 aliphatic heterocycles. The zero-order chi connectivity index (χ0) is 24.4. The van der Waals surface area contributed by atoms with Crippen molar-refractivity contribution in [3.05, 3.63) is 64.0 Å². The van der Waals surface area contributed by atoms with Gasteiger partial charge in [-0.3, -0.25) is 0 Å². The Morgan fingerprint density at radius 2 is 1.86 bits per heavy atom. The van der Waals surface area contributed by atoms with Crippen LogP contribution in [-0.2, 0) is 0 Å². The van der Waals surface area contributed by atoms with Crippen molar-refractivity contribution in [2.24, 2.45) is 0 Å². The normalized spacial score (nSPS) is 15.3. The van der Waals surface area contributed by atoms with Crippen LogP contribution in [0.5, 0.6) is 5.75 Å². The SMILES string of the molecule is CC(C)c1nnc(-c2cc3c(OCCCN4CCC(c5ccc(Cl)c(Cl)c5)CC4)cccc3o2)o1. The predicted molar refractivity (Wildman–Crippen MR) is 139 cm³/mol. The fourth-order valence-corrected chi connectivity index (χ4v) is 4.87. The number of hydrogen-bond acceptors (Lipinski definition) is 6. The summed E-state index contributed by atoms with van der Waals surface area (Å²) < 4.78 is 17.8. The second-order valence-electron chi connectivity index (χ2n) is 9.37. The summed E-state index contributed by atoms with van der Waals surface area (Å²) >= 11 is 12.3. The predicted octanol–water partition coefficient (Wildman–Crippen LogP) is 7.56. The van der Waals surface area contributed by atoms with Crippen LogP contribution in [-0.4, -0.2) is 41.3 Å². The summed E-state index contributed by atoms with van der Waals surface area (Å²) in [6.07, 6.45) is 3.22. The molecule has 184 valence electrons. The van der Waals surface area contributed by atoms with Crippen LogP contribution in [0.4, 0.5) is 0 Å². The van der Waals surface area contributed by atoms with Crippen molar-refractivity contribution < 1.29 is 13.6 Å². The zero-order valence-electron chi connectivity index (χ0n) is 20.0. The third-order valence-electron chi connectivity index (χ3n) is 6.55. The van der Waals surface area contributed by atoms with Crippen LogP contribution in [0.3, 0.4) is 0 Å². The van der Waals surface area contributed by atoms with Crippen LogP contribution in [0, 0.1) is 0 Å². The monoisotopic (exact) mass is 513 g/mol. The molecule has 1 aliphatic rings. The number of rotatable bonds is 8. The third-order valence-corrected chi connectivity index (χ3v) is 7.28. The zero-order valence-corrected chi connectivity index (χ0v) is 21.5. The van der Waals surface area contributed by atoms with Gasteiger partial charge in [0.25, 0.3) is 5.89 Å². The van der Waals surface area contributed by atoms with E-state index < -0.39 is 0 Å². The highest BCUT2D eigenvalue weighted by Crippen LogP contribution is 2.34. The Balaban J connectivity index is 1.13. The molecule has 0 bridgehead atoms. The van der Waals surface area contributed by atoms with E-state index in [1.54, 1.807) is 0 Å². The molecule has 6 nitrogen and oxygen atoms in total. The van der Waals surface area contributed by atoms with E-state index in [0.717, 1.165) is 55.6 Å². The summed E-state index contributed by atoms with van der Waals surface area (Å²) in [4.78, 5) is 2.51. The topological polar surface area (TPSA) is 64.5 Å². The van der Waals surface area contributed by atoms with Gasteiger partial charge in [0.05, 0.1) is 22.0 Å². The van der Waals surface area contributed by atoms with Crippen molar-refractivity contribution in [3.63, 3.8) is 0 Å². The molecule has 0 N–H and O–H groups in total. The number of nitrogens with zero attached hydrogens (tertiary/aromatic N) is 3. The molecule has 0 amide bonds. The Labute approximate surface area is 215 Å². The summed E-state index contributed by atoms with van der Waals surface area (Å²) in [7, 11) is 0. The molecule has 0 spiro atoms. The van der Waals surface area contributed by atoms with Gasteiger partial charge in [0.2, 0.25) is 5.89 Å². The number of benzene rings is 2. The summed E-state index contributed by atoms with van der Waals surface area (Å²) in [6.45, 7) is 7.84. The van der Waals surface area contributed by atoms with E-state index in [9.17, 15) is 0 Å². The highest BCUT2D eigenvalue weighted by Gasteiger charge is 2.21. The summed E-state index contributed by atoms with van der Waals surface area (Å²) in [6, 6.07) is 13.8. The van der Waals surface area contributed by atoms with Crippen LogP contribution in [0.1, 0.15) is 56.4 Å². The van der Waals surface area contributed by atoms with Crippen molar-refractivity contribution in [2.45, 2.75) is 44.9 Å². The Bertz CT molecular complexity index is 1290. The minimum absolute atomic E-state index is 0.168. The van der Waals surface area contributed by atoms with Crippen LogP contribution >= 0.6 is 23.2 Å². The lowest BCUT2D eigenvalue weighted by Crippen LogP contribution is -2.34. The number of piperidine rings is 1. The van der Waals surface area contributed by atoms with E-state index >= 15 is 0 Å². The molecular formula is C27H29Cl2N3O3. The molecule has 0 saturated carbocycles. The van der Waals surface area contributed by atoms with E-state index in [1.165, 1.54) is 5.56 Å². The van der Waals surface area contributed by atoms with E-state index in [0.29, 0.717) is 40.1 Å². The van der Waals surface area contributed by atoms with Gasteiger partial charge in [-0.2, -0.15) is 0 Å². The van der Waals surface area contributed by atoms with Gasteiger partial charge < -0.3 is 18.5 Å². The first-order valence-electron chi connectivity index (χ1n) is 12.1. The van der Waals surface area contributed by atoms with E-state index in [4.69, 9.17) is 36.8 Å². The quantitative estimate of drug-likeness (QED) is 0.226. The standard InChI is InChI=1S/C27H29Cl2N3O3/c1-17(2)26-30-31-27(35-26)25-16-20-23(5-3-6-24(20)34-25)33-14-4-11-32-12-9-18(10-13-32)19-7-8-21(28)22(29)15-19/h3,5-8,15-18H,4,9-14H2,1-2H3. The van der Waals surface area contributed by atoms with E-state index in [-0.39, 0.29) is 5.92 Å². The number of fused-ring (bicyclic) bond motifs is 1. The molecule has 1 saturated heterocycles. The Morgan fingerprint density at radius 1 is 1.03 bits per heavy atom. The molecule has 0 unspecified atom stereocenters. The molecule has 5 rings (SSSR count). The second kappa shape index (κ2) is 10.6. The third kappa shape index (κ3) is 5.50. The Morgan fingerprint density at radius 3 is 2.60 bits per heavy atom. The largest absolute Gasteiger partial charge is 0.493 e. The lowest BCUT2D eigenvalue weighted by Gasteiger charge is -2.32. The Hall–Kier alpha value is -2.54. The van der Waals surface area contributed by atoms with Gasteiger partial charge >= 0.3 is 0 Å². The lowest BCUT2D eigenvalue weighted by molar-refractivity contribution is 0.193. The van der Waals surface area contributed by atoms with Crippen LogP contribution < -0.4 is 4.74 Å². The van der Waals surface area contributed by atoms with Gasteiger partial charge in [0.1, 0.15) is 11.3 Å². The van der Waals surface area contributed by atoms with Gasteiger partial charge in [0.15, 0.2) is 5.76 Å². The number of ether oxygens (including phenoxy) is 1. The number of hydrogen-bond donors (Lipinski definition) is 0. The first-order chi connectivity index (χ1) is 17.0. The summed E-state index contributed by atoms with van der Waals surface area (Å²) in [5, 5.41) is 10.4. The van der Waals surface area contributed by atoms with Gasteiger partial charge in [-0.25, -0.2) is 0 Å². The van der Waals surface area contributed by atoms with Crippen LogP contribution in [0.2, 0.25) is 10.0 Å². The van der Waals surface area contributed by atoms with Gasteiger partial charge in [-0.15, -0.1) is 10.2 Å². The number of furan rings is 1. The average molecular weight is 514 g/mol. The molecule has 3 heterocycles. The van der Waals surface area contributed by atoms with Gasteiger partial charge in [0, 0.05) is 18.5 Å². The van der Waals surface area contributed by atoms with Crippen LogP contribution in [0.15, 0.2) is 51.3 Å². The number of likely N-dealkylation sites (tertiary alicyclic amines) is 1. The summed E-state index contributed by atoms with van der Waals surface area (Å²) in [5.74, 6) is 3.06. The Kier molecular flexibility index (Phi) is 7.32. The maximum Gasteiger partial charge on any atom is 0.283 e. The molecule has 0 radical (unpaired) electrons. The molecule has 0 aliphatic carbocycles. The minimum atomic E-state index is 0.168. The highest BCUT2D eigenvalue weighted by molar-refractivity contribution is 6.42. The molecule has 8 heteroatoms. The first-order valence-corrected chi connectivity index (χ1v) is 12.9. The summed E-state index contributed by atoms with van der Waals surface area (Å²) in [5.41, 5.74) is 2.03. The molecule has 2 aromatic carbocycles. The van der Waals surface area contributed by atoms with Gasteiger partial charge in [-0.1, -0.05) is 49.2 Å². The maximum atomic E-state index is 6.21.